The molecule has 0 N–H and O–H groups in total. The number of piperidine rings is 1. The zero-order chi connectivity index (χ0) is 16.4. The average molecular weight is 392 g/mol. The van der Waals surface area contributed by atoms with Crippen molar-refractivity contribution in [3.05, 3.63) is 46.0 Å². The highest BCUT2D eigenvalue weighted by molar-refractivity contribution is 9.10. The summed E-state index contributed by atoms with van der Waals surface area (Å²) in [7, 11) is 0. The van der Waals surface area contributed by atoms with Crippen LogP contribution in [0.1, 0.15) is 36.5 Å². The summed E-state index contributed by atoms with van der Waals surface area (Å²) in [5, 5.41) is 4.14. The van der Waals surface area contributed by atoms with Crippen LogP contribution in [0.15, 0.2) is 33.3 Å². The molecule has 2 atom stereocenters. The van der Waals surface area contributed by atoms with E-state index in [0.717, 1.165) is 48.8 Å². The molecule has 2 unspecified atom stereocenters. The van der Waals surface area contributed by atoms with E-state index < -0.39 is 0 Å². The molecule has 0 spiro atoms. The summed E-state index contributed by atoms with van der Waals surface area (Å²) in [6, 6.07) is 8.21. The molecule has 2 saturated heterocycles. The maximum atomic E-state index is 5.88. The first kappa shape index (κ1) is 16.2. The number of ether oxygens (including phenoxy) is 1. The smallest absolute Gasteiger partial charge is 0.240 e. The van der Waals surface area contributed by atoms with Gasteiger partial charge in [-0.2, -0.15) is 4.98 Å². The molecule has 2 aliphatic rings. The van der Waals surface area contributed by atoms with E-state index >= 15 is 0 Å². The Morgan fingerprint density at radius 1 is 1.29 bits per heavy atom. The Kier molecular flexibility index (Phi) is 4.96. The van der Waals surface area contributed by atoms with Crippen LogP contribution in [0.25, 0.3) is 0 Å². The molecule has 4 rings (SSSR count). The lowest BCUT2D eigenvalue weighted by Gasteiger charge is -2.40. The third kappa shape index (κ3) is 3.87. The van der Waals surface area contributed by atoms with Crippen LogP contribution in [0, 0.1) is 5.92 Å². The van der Waals surface area contributed by atoms with E-state index in [1.807, 2.05) is 12.1 Å². The largest absolute Gasteiger partial charge is 0.378 e. The first-order valence-electron chi connectivity index (χ1n) is 8.66. The van der Waals surface area contributed by atoms with Crippen molar-refractivity contribution in [3.8, 4) is 0 Å². The topological polar surface area (TPSA) is 51.4 Å². The van der Waals surface area contributed by atoms with Crippen molar-refractivity contribution in [2.24, 2.45) is 5.92 Å². The van der Waals surface area contributed by atoms with Crippen LogP contribution < -0.4 is 0 Å². The van der Waals surface area contributed by atoms with Gasteiger partial charge in [0.2, 0.25) is 5.89 Å². The van der Waals surface area contributed by atoms with Crippen molar-refractivity contribution >= 4 is 15.9 Å². The zero-order valence-electron chi connectivity index (χ0n) is 13.7. The lowest BCUT2D eigenvalue weighted by atomic mass is 9.88. The van der Waals surface area contributed by atoms with Crippen molar-refractivity contribution in [2.45, 2.75) is 38.3 Å². The number of nitrogens with zero attached hydrogens (tertiary/aromatic N) is 3. The van der Waals surface area contributed by atoms with Gasteiger partial charge in [0.05, 0.1) is 12.6 Å². The number of rotatable bonds is 4. The number of fused-ring (bicyclic) bond motifs is 1. The van der Waals surface area contributed by atoms with Gasteiger partial charge in [0.15, 0.2) is 5.82 Å². The Labute approximate surface area is 150 Å². The first-order valence-corrected chi connectivity index (χ1v) is 9.45. The lowest BCUT2D eigenvalue weighted by molar-refractivity contribution is -0.0688. The quantitative estimate of drug-likeness (QED) is 0.798. The molecular formula is C18H22BrN3O2. The fourth-order valence-electron chi connectivity index (χ4n) is 3.75. The molecule has 1 aromatic carbocycles. The van der Waals surface area contributed by atoms with Crippen molar-refractivity contribution < 1.29 is 9.26 Å². The SMILES string of the molecule is Brc1cccc(Cc2noc(CN3CCC4OCCCC4C3)n2)c1. The zero-order valence-corrected chi connectivity index (χ0v) is 15.2. The molecule has 0 saturated carbocycles. The Bertz CT molecular complexity index is 690. The van der Waals surface area contributed by atoms with Crippen LogP contribution in [0.2, 0.25) is 0 Å². The summed E-state index contributed by atoms with van der Waals surface area (Å²) >= 11 is 3.49. The van der Waals surface area contributed by atoms with E-state index in [-0.39, 0.29) is 0 Å². The van der Waals surface area contributed by atoms with Gasteiger partial charge in [0.25, 0.3) is 0 Å². The number of likely N-dealkylation sites (tertiary alicyclic amines) is 1. The third-order valence-corrected chi connectivity index (χ3v) is 5.41. The van der Waals surface area contributed by atoms with Gasteiger partial charge in [-0.1, -0.05) is 33.2 Å². The minimum atomic E-state index is 0.463. The van der Waals surface area contributed by atoms with E-state index in [1.54, 1.807) is 0 Å². The van der Waals surface area contributed by atoms with Crippen molar-refractivity contribution in [1.29, 1.82) is 0 Å². The van der Waals surface area contributed by atoms with Gasteiger partial charge in [-0.3, -0.25) is 4.90 Å². The number of hydrogen-bond acceptors (Lipinski definition) is 5. The van der Waals surface area contributed by atoms with Gasteiger partial charge in [0.1, 0.15) is 0 Å². The molecule has 6 heteroatoms. The fourth-order valence-corrected chi connectivity index (χ4v) is 4.20. The Morgan fingerprint density at radius 2 is 2.25 bits per heavy atom. The molecule has 24 heavy (non-hydrogen) atoms. The second-order valence-corrected chi connectivity index (χ2v) is 7.66. The van der Waals surface area contributed by atoms with Crippen LogP contribution in [-0.2, 0) is 17.7 Å². The highest BCUT2D eigenvalue weighted by Gasteiger charge is 2.32. The summed E-state index contributed by atoms with van der Waals surface area (Å²) in [5.74, 6) is 2.13. The van der Waals surface area contributed by atoms with Crippen molar-refractivity contribution in [3.63, 3.8) is 0 Å². The van der Waals surface area contributed by atoms with Crippen LogP contribution >= 0.6 is 15.9 Å². The van der Waals surface area contributed by atoms with E-state index in [2.05, 4.69) is 43.1 Å². The maximum Gasteiger partial charge on any atom is 0.240 e. The predicted molar refractivity (Wildman–Crippen MR) is 93.6 cm³/mol. The molecule has 128 valence electrons. The Balaban J connectivity index is 1.35. The van der Waals surface area contributed by atoms with Crippen LogP contribution in [0.4, 0.5) is 0 Å². The summed E-state index contributed by atoms with van der Waals surface area (Å²) in [6.07, 6.45) is 4.74. The molecule has 2 aliphatic heterocycles. The molecule has 0 amide bonds. The number of benzene rings is 1. The first-order chi connectivity index (χ1) is 11.8. The highest BCUT2D eigenvalue weighted by atomic mass is 79.9. The normalized spacial score (nSPS) is 24.7. The minimum Gasteiger partial charge on any atom is -0.378 e. The average Bonchev–Trinajstić information content (AvgIpc) is 3.02. The van der Waals surface area contributed by atoms with Gasteiger partial charge in [-0.15, -0.1) is 0 Å². The molecule has 1 aromatic heterocycles. The maximum absolute atomic E-state index is 5.88. The molecule has 5 nitrogen and oxygen atoms in total. The Hall–Kier alpha value is -1.24. The van der Waals surface area contributed by atoms with Crippen molar-refractivity contribution in [2.75, 3.05) is 19.7 Å². The van der Waals surface area contributed by atoms with Crippen molar-refractivity contribution in [1.82, 2.24) is 15.0 Å². The molecule has 0 aliphatic carbocycles. The molecule has 2 fully saturated rings. The minimum absolute atomic E-state index is 0.463. The molecule has 0 radical (unpaired) electrons. The molecule has 3 heterocycles. The summed E-state index contributed by atoms with van der Waals surface area (Å²) in [6.45, 7) is 3.80. The standard InChI is InChI=1S/C18H22BrN3O2/c19-15-5-1-3-13(9-15)10-17-20-18(24-21-17)12-22-7-6-16-14(11-22)4-2-8-23-16/h1,3,5,9,14,16H,2,4,6-8,10-12H2. The van der Waals surface area contributed by atoms with Crippen LogP contribution in [0.3, 0.4) is 0 Å². The van der Waals surface area contributed by atoms with Gasteiger partial charge in [0, 0.05) is 30.6 Å². The fraction of sp³-hybridized carbons (Fsp3) is 0.556. The number of aromatic nitrogens is 2. The lowest BCUT2D eigenvalue weighted by Crippen LogP contribution is -2.45. The van der Waals surface area contributed by atoms with Crippen LogP contribution in [0.5, 0.6) is 0 Å². The van der Waals surface area contributed by atoms with Gasteiger partial charge < -0.3 is 9.26 Å². The van der Waals surface area contributed by atoms with E-state index in [9.17, 15) is 0 Å². The Morgan fingerprint density at radius 3 is 3.17 bits per heavy atom. The summed E-state index contributed by atoms with van der Waals surface area (Å²) in [4.78, 5) is 6.99. The summed E-state index contributed by atoms with van der Waals surface area (Å²) in [5.41, 5.74) is 1.18. The van der Waals surface area contributed by atoms with Gasteiger partial charge in [-0.05, 0) is 42.9 Å². The van der Waals surface area contributed by atoms with E-state index in [0.29, 0.717) is 18.4 Å². The molecular weight excluding hydrogens is 370 g/mol. The van der Waals surface area contributed by atoms with E-state index in [1.165, 1.54) is 18.4 Å². The number of hydrogen-bond donors (Lipinski definition) is 0. The monoisotopic (exact) mass is 391 g/mol. The molecule has 0 bridgehead atoms. The van der Waals surface area contributed by atoms with E-state index in [4.69, 9.17) is 9.26 Å². The second kappa shape index (κ2) is 7.33. The predicted octanol–water partition coefficient (Wildman–Crippen LogP) is 3.42. The number of halogens is 1. The molecule has 2 aromatic rings. The second-order valence-electron chi connectivity index (χ2n) is 6.75. The third-order valence-electron chi connectivity index (χ3n) is 4.92. The van der Waals surface area contributed by atoms with Gasteiger partial charge >= 0.3 is 0 Å². The summed E-state index contributed by atoms with van der Waals surface area (Å²) < 4.78 is 12.4. The highest BCUT2D eigenvalue weighted by Crippen LogP contribution is 2.28. The van der Waals surface area contributed by atoms with Crippen LogP contribution in [-0.4, -0.2) is 40.8 Å². The van der Waals surface area contributed by atoms with Gasteiger partial charge in [-0.25, -0.2) is 0 Å².